The largest absolute Gasteiger partial charge is 0.347 e. The molecule has 1 aliphatic heterocycles. The van der Waals surface area contributed by atoms with E-state index < -0.39 is 0 Å². The molecule has 1 aliphatic rings. The zero-order valence-corrected chi connectivity index (χ0v) is 14.6. The number of hydrogen-bond donors (Lipinski definition) is 0. The number of pyridine rings is 1. The van der Waals surface area contributed by atoms with Crippen molar-refractivity contribution in [2.75, 3.05) is 25.5 Å². The first-order valence-corrected chi connectivity index (χ1v) is 8.25. The van der Waals surface area contributed by atoms with Crippen molar-refractivity contribution in [1.29, 1.82) is 0 Å². The summed E-state index contributed by atoms with van der Waals surface area (Å²) in [7, 11) is 3.57. The Morgan fingerprint density at radius 3 is 2.88 bits per heavy atom. The van der Waals surface area contributed by atoms with Gasteiger partial charge in [-0.1, -0.05) is 19.0 Å². The number of aromatic nitrogens is 3. The number of carbonyl (C=O) groups excluding carboxylic acids is 1. The smallest absolute Gasteiger partial charge is 0.258 e. The lowest BCUT2D eigenvalue weighted by Crippen LogP contribution is -2.43. The lowest BCUT2D eigenvalue weighted by molar-refractivity contribution is -0.129. The van der Waals surface area contributed by atoms with Gasteiger partial charge in [0.1, 0.15) is 11.9 Å². The third-order valence-electron chi connectivity index (χ3n) is 4.22. The quantitative estimate of drug-likeness (QED) is 0.857. The average Bonchev–Trinajstić information content (AvgIpc) is 3.23. The maximum Gasteiger partial charge on any atom is 0.258 e. The van der Waals surface area contributed by atoms with Crippen molar-refractivity contribution in [3.8, 4) is 11.5 Å². The number of hydrogen-bond acceptors (Lipinski definition) is 6. The molecule has 24 heavy (non-hydrogen) atoms. The van der Waals surface area contributed by atoms with E-state index in [1.54, 1.807) is 25.2 Å². The first-order chi connectivity index (χ1) is 11.5. The third-order valence-corrected chi connectivity index (χ3v) is 4.22. The molecule has 0 aliphatic carbocycles. The molecule has 1 fully saturated rings. The third kappa shape index (κ3) is 3.11. The van der Waals surface area contributed by atoms with Crippen LogP contribution in [0.15, 0.2) is 22.9 Å². The minimum Gasteiger partial charge on any atom is -0.347 e. The molecule has 7 nitrogen and oxygen atoms in total. The molecule has 0 radical (unpaired) electrons. The van der Waals surface area contributed by atoms with Crippen LogP contribution in [-0.4, -0.2) is 52.6 Å². The van der Waals surface area contributed by atoms with E-state index in [9.17, 15) is 4.79 Å². The molecule has 128 valence electrons. The second kappa shape index (κ2) is 6.59. The van der Waals surface area contributed by atoms with Crippen LogP contribution in [-0.2, 0) is 4.79 Å². The fourth-order valence-electron chi connectivity index (χ4n) is 2.89. The van der Waals surface area contributed by atoms with Gasteiger partial charge in [-0.3, -0.25) is 4.79 Å². The van der Waals surface area contributed by atoms with Crippen molar-refractivity contribution in [2.24, 2.45) is 0 Å². The summed E-state index contributed by atoms with van der Waals surface area (Å²) in [6.07, 6.45) is 3.55. The van der Waals surface area contributed by atoms with Crippen LogP contribution >= 0.6 is 0 Å². The normalized spacial score (nSPS) is 17.5. The van der Waals surface area contributed by atoms with E-state index in [1.165, 1.54) is 0 Å². The lowest BCUT2D eigenvalue weighted by atomic mass is 10.2. The molecule has 1 amide bonds. The number of anilines is 1. The SMILES string of the molecule is CC(C)c1noc(-c2ccnc(N3CCC[C@@H]3C(=O)N(C)C)c2)n1. The fraction of sp³-hybridized carbons (Fsp3) is 0.529. The Bertz CT molecular complexity index is 725. The summed E-state index contributed by atoms with van der Waals surface area (Å²) in [6.45, 7) is 4.87. The van der Waals surface area contributed by atoms with Crippen molar-refractivity contribution >= 4 is 11.7 Å². The van der Waals surface area contributed by atoms with E-state index in [1.807, 2.05) is 26.0 Å². The number of amides is 1. The van der Waals surface area contributed by atoms with E-state index in [2.05, 4.69) is 20.0 Å². The van der Waals surface area contributed by atoms with Gasteiger partial charge >= 0.3 is 0 Å². The Hall–Kier alpha value is -2.44. The highest BCUT2D eigenvalue weighted by Crippen LogP contribution is 2.28. The van der Waals surface area contributed by atoms with Gasteiger partial charge in [0.2, 0.25) is 5.91 Å². The van der Waals surface area contributed by atoms with E-state index in [0.29, 0.717) is 11.7 Å². The highest BCUT2D eigenvalue weighted by molar-refractivity contribution is 5.85. The van der Waals surface area contributed by atoms with E-state index in [-0.39, 0.29) is 17.9 Å². The Kier molecular flexibility index (Phi) is 4.51. The van der Waals surface area contributed by atoms with Crippen LogP contribution in [0.3, 0.4) is 0 Å². The van der Waals surface area contributed by atoms with Crippen LogP contribution < -0.4 is 4.90 Å². The lowest BCUT2D eigenvalue weighted by Gasteiger charge is -2.27. The molecule has 2 aromatic heterocycles. The Morgan fingerprint density at radius 2 is 2.21 bits per heavy atom. The molecule has 3 rings (SSSR count). The van der Waals surface area contributed by atoms with Gasteiger partial charge < -0.3 is 14.3 Å². The molecule has 0 bridgehead atoms. The summed E-state index contributed by atoms with van der Waals surface area (Å²) in [5.41, 5.74) is 0.822. The van der Waals surface area contributed by atoms with Crippen molar-refractivity contribution in [2.45, 2.75) is 38.6 Å². The van der Waals surface area contributed by atoms with Gasteiger partial charge in [0.15, 0.2) is 5.82 Å². The number of likely N-dealkylation sites (N-methyl/N-ethyl adjacent to an activating group) is 1. The van der Waals surface area contributed by atoms with E-state index in [4.69, 9.17) is 4.52 Å². The summed E-state index contributed by atoms with van der Waals surface area (Å²) in [5, 5.41) is 4.00. The molecule has 0 saturated carbocycles. The summed E-state index contributed by atoms with van der Waals surface area (Å²) >= 11 is 0. The molecular formula is C17H23N5O2. The molecular weight excluding hydrogens is 306 g/mol. The van der Waals surface area contributed by atoms with Crippen LogP contribution in [0, 0.1) is 0 Å². The molecule has 3 heterocycles. The van der Waals surface area contributed by atoms with Crippen molar-refractivity contribution in [1.82, 2.24) is 20.0 Å². The minimum atomic E-state index is -0.156. The molecule has 0 aromatic carbocycles. The maximum absolute atomic E-state index is 12.4. The summed E-state index contributed by atoms with van der Waals surface area (Å²) in [5.74, 6) is 2.26. The second-order valence-electron chi connectivity index (χ2n) is 6.60. The molecule has 7 heteroatoms. The molecule has 0 unspecified atom stereocenters. The van der Waals surface area contributed by atoms with Gasteiger partial charge in [0.25, 0.3) is 5.89 Å². The standard InChI is InChI=1S/C17H23N5O2/c1-11(2)15-19-16(24-20-15)12-7-8-18-14(10-12)22-9-5-6-13(22)17(23)21(3)4/h7-8,10-11,13H,5-6,9H2,1-4H3/t13-/m1/s1. The maximum atomic E-state index is 12.4. The van der Waals surface area contributed by atoms with Gasteiger partial charge in [-0.25, -0.2) is 4.98 Å². The predicted octanol–water partition coefficient (Wildman–Crippen LogP) is 2.31. The minimum absolute atomic E-state index is 0.111. The van der Waals surface area contributed by atoms with Crippen LogP contribution in [0.2, 0.25) is 0 Å². The van der Waals surface area contributed by atoms with Gasteiger partial charge in [-0.05, 0) is 25.0 Å². The van der Waals surface area contributed by atoms with Crippen molar-refractivity contribution < 1.29 is 9.32 Å². The summed E-state index contributed by atoms with van der Waals surface area (Å²) in [4.78, 5) is 25.0. The Morgan fingerprint density at radius 1 is 1.42 bits per heavy atom. The van der Waals surface area contributed by atoms with E-state index >= 15 is 0 Å². The Balaban J connectivity index is 1.88. The fourth-order valence-corrected chi connectivity index (χ4v) is 2.89. The molecule has 1 atom stereocenters. The number of carbonyl (C=O) groups is 1. The molecule has 0 spiro atoms. The van der Waals surface area contributed by atoms with Crippen LogP contribution in [0.5, 0.6) is 0 Å². The summed E-state index contributed by atoms with van der Waals surface area (Å²) < 4.78 is 5.36. The first-order valence-electron chi connectivity index (χ1n) is 8.25. The van der Waals surface area contributed by atoms with E-state index in [0.717, 1.165) is 30.8 Å². The average molecular weight is 329 g/mol. The predicted molar refractivity (Wildman–Crippen MR) is 90.7 cm³/mol. The highest BCUT2D eigenvalue weighted by Gasteiger charge is 2.32. The summed E-state index contributed by atoms with van der Waals surface area (Å²) in [6, 6.07) is 3.61. The zero-order chi connectivity index (χ0) is 17.3. The highest BCUT2D eigenvalue weighted by atomic mass is 16.5. The molecule has 2 aromatic rings. The van der Waals surface area contributed by atoms with Crippen molar-refractivity contribution in [3.05, 3.63) is 24.2 Å². The van der Waals surface area contributed by atoms with Gasteiger partial charge in [-0.15, -0.1) is 0 Å². The van der Waals surface area contributed by atoms with Crippen molar-refractivity contribution in [3.63, 3.8) is 0 Å². The number of nitrogens with zero attached hydrogens (tertiary/aromatic N) is 5. The van der Waals surface area contributed by atoms with Crippen LogP contribution in [0.1, 0.15) is 38.4 Å². The van der Waals surface area contributed by atoms with Gasteiger partial charge in [0.05, 0.1) is 0 Å². The van der Waals surface area contributed by atoms with Gasteiger partial charge in [-0.2, -0.15) is 4.98 Å². The van der Waals surface area contributed by atoms with Crippen LogP contribution in [0.25, 0.3) is 11.5 Å². The Labute approximate surface area is 141 Å². The first kappa shape index (κ1) is 16.4. The van der Waals surface area contributed by atoms with Crippen LogP contribution in [0.4, 0.5) is 5.82 Å². The zero-order valence-electron chi connectivity index (χ0n) is 14.6. The molecule has 0 N–H and O–H groups in total. The topological polar surface area (TPSA) is 75.4 Å². The number of rotatable bonds is 4. The monoisotopic (exact) mass is 329 g/mol. The van der Waals surface area contributed by atoms with Gasteiger partial charge in [0, 0.05) is 38.3 Å². The molecule has 1 saturated heterocycles. The second-order valence-corrected chi connectivity index (χ2v) is 6.60.